The largest absolute Gasteiger partial charge is 0.377 e. The topological polar surface area (TPSA) is 103 Å². The standard InChI is InChI=1S/C14H26N2O6/c1-3-13(18)10-22-9-8-20-6-5-16-14(19)11-21-7-4-15-12(2)17/h3-11H2,1-2H3,(H,15,17)(H,16,19). The highest BCUT2D eigenvalue weighted by atomic mass is 16.5. The number of rotatable bonds is 14. The molecule has 128 valence electrons. The third kappa shape index (κ3) is 14.9. The van der Waals surface area contributed by atoms with E-state index in [0.29, 0.717) is 39.3 Å². The van der Waals surface area contributed by atoms with Crippen LogP contribution < -0.4 is 10.6 Å². The molecule has 0 fully saturated rings. The molecule has 0 saturated heterocycles. The molecule has 0 aromatic heterocycles. The van der Waals surface area contributed by atoms with E-state index in [9.17, 15) is 14.4 Å². The van der Waals surface area contributed by atoms with Gasteiger partial charge in [0.05, 0.1) is 26.4 Å². The molecule has 0 radical (unpaired) electrons. The predicted octanol–water partition coefficient (Wildman–Crippen LogP) is -0.732. The van der Waals surface area contributed by atoms with E-state index in [2.05, 4.69) is 10.6 Å². The Kier molecular flexibility index (Phi) is 13.4. The summed E-state index contributed by atoms with van der Waals surface area (Å²) in [5.41, 5.74) is 0. The van der Waals surface area contributed by atoms with Gasteiger partial charge in [-0.05, 0) is 0 Å². The number of carbonyl (C=O) groups is 3. The van der Waals surface area contributed by atoms with Crippen LogP contribution in [0.3, 0.4) is 0 Å². The lowest BCUT2D eigenvalue weighted by atomic mass is 10.3. The van der Waals surface area contributed by atoms with Gasteiger partial charge in [0.2, 0.25) is 11.8 Å². The van der Waals surface area contributed by atoms with Crippen LogP contribution in [0.25, 0.3) is 0 Å². The molecular formula is C14H26N2O6. The van der Waals surface area contributed by atoms with Gasteiger partial charge in [-0.2, -0.15) is 0 Å². The summed E-state index contributed by atoms with van der Waals surface area (Å²) in [6.45, 7) is 5.40. The van der Waals surface area contributed by atoms with Crippen molar-refractivity contribution in [1.29, 1.82) is 0 Å². The van der Waals surface area contributed by atoms with Crippen molar-refractivity contribution in [3.05, 3.63) is 0 Å². The molecule has 0 heterocycles. The molecule has 0 aliphatic carbocycles. The molecule has 2 N–H and O–H groups in total. The minimum Gasteiger partial charge on any atom is -0.377 e. The maximum Gasteiger partial charge on any atom is 0.246 e. The molecule has 8 heteroatoms. The van der Waals surface area contributed by atoms with Gasteiger partial charge >= 0.3 is 0 Å². The van der Waals surface area contributed by atoms with E-state index in [0.717, 1.165) is 0 Å². The van der Waals surface area contributed by atoms with E-state index in [1.54, 1.807) is 6.92 Å². The van der Waals surface area contributed by atoms with Crippen molar-refractivity contribution >= 4 is 17.6 Å². The van der Waals surface area contributed by atoms with Crippen molar-refractivity contribution in [1.82, 2.24) is 10.6 Å². The summed E-state index contributed by atoms with van der Waals surface area (Å²) in [6.07, 6.45) is 0.472. The first kappa shape index (κ1) is 20.5. The molecule has 0 rings (SSSR count). The fourth-order valence-corrected chi connectivity index (χ4v) is 1.29. The molecule has 0 unspecified atom stereocenters. The van der Waals surface area contributed by atoms with Gasteiger partial charge in [0.15, 0.2) is 5.78 Å². The smallest absolute Gasteiger partial charge is 0.246 e. The first-order valence-corrected chi connectivity index (χ1v) is 7.32. The fourth-order valence-electron chi connectivity index (χ4n) is 1.29. The minimum absolute atomic E-state index is 0.0537. The van der Waals surface area contributed by atoms with Crippen molar-refractivity contribution in [3.8, 4) is 0 Å². The molecule has 0 spiro atoms. The van der Waals surface area contributed by atoms with Crippen LogP contribution in [0.1, 0.15) is 20.3 Å². The van der Waals surface area contributed by atoms with E-state index in [4.69, 9.17) is 14.2 Å². The summed E-state index contributed by atoms with van der Waals surface area (Å²) in [6, 6.07) is 0. The van der Waals surface area contributed by atoms with Crippen molar-refractivity contribution < 1.29 is 28.6 Å². The van der Waals surface area contributed by atoms with Gasteiger partial charge in [-0.25, -0.2) is 0 Å². The summed E-state index contributed by atoms with van der Waals surface area (Å²) in [5.74, 6) is -0.310. The third-order valence-corrected chi connectivity index (χ3v) is 2.45. The van der Waals surface area contributed by atoms with E-state index in [1.165, 1.54) is 6.92 Å². The van der Waals surface area contributed by atoms with E-state index >= 15 is 0 Å². The number of ether oxygens (including phenoxy) is 3. The number of carbonyl (C=O) groups excluding carboxylic acids is 3. The van der Waals surface area contributed by atoms with Gasteiger partial charge in [0.1, 0.15) is 13.2 Å². The summed E-state index contributed by atoms with van der Waals surface area (Å²) in [5, 5.41) is 5.19. The Bertz CT molecular complexity index is 335. The molecule has 0 aliphatic heterocycles. The zero-order chi connectivity index (χ0) is 16.6. The van der Waals surface area contributed by atoms with Crippen molar-refractivity contribution in [2.24, 2.45) is 0 Å². The van der Waals surface area contributed by atoms with Crippen LogP contribution in [0.4, 0.5) is 0 Å². The van der Waals surface area contributed by atoms with Gasteiger partial charge < -0.3 is 24.8 Å². The van der Waals surface area contributed by atoms with Crippen LogP contribution in [0, 0.1) is 0 Å². The molecule has 0 aromatic carbocycles. The van der Waals surface area contributed by atoms with Crippen molar-refractivity contribution in [2.45, 2.75) is 20.3 Å². The average molecular weight is 318 g/mol. The van der Waals surface area contributed by atoms with Gasteiger partial charge in [0, 0.05) is 26.4 Å². The Morgan fingerprint density at radius 3 is 2.09 bits per heavy atom. The molecular weight excluding hydrogens is 292 g/mol. The summed E-state index contributed by atoms with van der Waals surface area (Å²) in [7, 11) is 0. The highest BCUT2D eigenvalue weighted by Gasteiger charge is 2.01. The summed E-state index contributed by atoms with van der Waals surface area (Å²) in [4.78, 5) is 32.9. The number of hydrogen-bond acceptors (Lipinski definition) is 6. The first-order chi connectivity index (χ1) is 10.6. The molecule has 0 atom stereocenters. The minimum atomic E-state index is -0.240. The van der Waals surface area contributed by atoms with Gasteiger partial charge in [-0.1, -0.05) is 6.92 Å². The molecule has 0 aromatic rings. The zero-order valence-electron chi connectivity index (χ0n) is 13.3. The number of Topliss-reactive ketones (excluding diaryl/α,β-unsaturated/α-hetero) is 1. The Morgan fingerprint density at radius 1 is 0.818 bits per heavy atom. The first-order valence-electron chi connectivity index (χ1n) is 7.32. The number of ketones is 1. The lowest BCUT2D eigenvalue weighted by molar-refractivity contribution is -0.126. The molecule has 8 nitrogen and oxygen atoms in total. The van der Waals surface area contributed by atoms with E-state index in [-0.39, 0.29) is 37.4 Å². The van der Waals surface area contributed by atoms with Crippen LogP contribution in [0.15, 0.2) is 0 Å². The Labute approximate surface area is 130 Å². The maximum absolute atomic E-state index is 11.3. The van der Waals surface area contributed by atoms with E-state index < -0.39 is 0 Å². The van der Waals surface area contributed by atoms with Gasteiger partial charge in [-0.3, -0.25) is 14.4 Å². The number of nitrogens with one attached hydrogen (secondary N) is 2. The fraction of sp³-hybridized carbons (Fsp3) is 0.786. The highest BCUT2D eigenvalue weighted by Crippen LogP contribution is 1.84. The monoisotopic (exact) mass is 318 g/mol. The number of amides is 2. The average Bonchev–Trinajstić information content (AvgIpc) is 2.48. The van der Waals surface area contributed by atoms with Crippen molar-refractivity contribution in [3.63, 3.8) is 0 Å². The molecule has 2 amide bonds. The summed E-state index contributed by atoms with van der Waals surface area (Å²) >= 11 is 0. The highest BCUT2D eigenvalue weighted by molar-refractivity contribution is 5.79. The second kappa shape index (κ2) is 14.4. The predicted molar refractivity (Wildman–Crippen MR) is 79.4 cm³/mol. The second-order valence-corrected chi connectivity index (χ2v) is 4.44. The third-order valence-electron chi connectivity index (χ3n) is 2.45. The van der Waals surface area contributed by atoms with E-state index in [1.807, 2.05) is 0 Å². The maximum atomic E-state index is 11.3. The van der Waals surface area contributed by atoms with Gasteiger partial charge in [-0.15, -0.1) is 0 Å². The Morgan fingerprint density at radius 2 is 1.41 bits per heavy atom. The molecule has 22 heavy (non-hydrogen) atoms. The Balaban J connectivity index is 3.25. The summed E-state index contributed by atoms with van der Waals surface area (Å²) < 4.78 is 15.4. The van der Waals surface area contributed by atoms with Crippen LogP contribution in [-0.2, 0) is 28.6 Å². The quantitative estimate of drug-likeness (QED) is 0.409. The molecule has 0 bridgehead atoms. The van der Waals surface area contributed by atoms with Gasteiger partial charge in [0.25, 0.3) is 0 Å². The van der Waals surface area contributed by atoms with Crippen molar-refractivity contribution in [2.75, 3.05) is 52.7 Å². The van der Waals surface area contributed by atoms with Crippen LogP contribution in [-0.4, -0.2) is 70.3 Å². The van der Waals surface area contributed by atoms with Crippen LogP contribution in [0.5, 0.6) is 0 Å². The SMILES string of the molecule is CCC(=O)COCCOCCNC(=O)COCCNC(C)=O. The number of hydrogen-bond donors (Lipinski definition) is 2. The lowest BCUT2D eigenvalue weighted by Crippen LogP contribution is -2.32. The lowest BCUT2D eigenvalue weighted by Gasteiger charge is -2.07. The Hall–Kier alpha value is -1.51. The normalized spacial score (nSPS) is 10.3. The van der Waals surface area contributed by atoms with Crippen LogP contribution in [0.2, 0.25) is 0 Å². The van der Waals surface area contributed by atoms with Crippen LogP contribution >= 0.6 is 0 Å². The zero-order valence-corrected chi connectivity index (χ0v) is 13.3. The second-order valence-electron chi connectivity index (χ2n) is 4.44. The molecule has 0 aliphatic rings. The molecule has 0 saturated carbocycles.